The third kappa shape index (κ3) is 5.00. The van der Waals surface area contributed by atoms with Crippen molar-refractivity contribution in [2.45, 2.75) is 6.92 Å². The quantitative estimate of drug-likeness (QED) is 0.376. The molecule has 0 saturated heterocycles. The number of amides is 1. The van der Waals surface area contributed by atoms with Crippen LogP contribution in [0.5, 0.6) is 5.75 Å². The largest absolute Gasteiger partial charge is 0.494 e. The topological polar surface area (TPSA) is 75.3 Å². The number of nitriles is 1. The Balaban J connectivity index is 1.81. The number of hydrogen-bond acceptors (Lipinski definition) is 4. The molecule has 0 radical (unpaired) electrons. The van der Waals surface area contributed by atoms with E-state index < -0.39 is 5.91 Å². The molecular weight excluding hydrogens is 411 g/mol. The Labute approximate surface area is 178 Å². The summed E-state index contributed by atoms with van der Waals surface area (Å²) in [5.41, 5.74) is 1.03. The van der Waals surface area contributed by atoms with E-state index in [0.29, 0.717) is 45.2 Å². The third-order valence-corrected chi connectivity index (χ3v) is 4.72. The number of benzene rings is 2. The molecule has 146 valence electrons. The lowest BCUT2D eigenvalue weighted by molar-refractivity contribution is -0.112. The van der Waals surface area contributed by atoms with Crippen LogP contribution in [0.4, 0.5) is 5.69 Å². The lowest BCUT2D eigenvalue weighted by atomic mass is 10.2. The number of nitrogens with one attached hydrogen (secondary N) is 1. The van der Waals surface area contributed by atoms with Crippen molar-refractivity contribution in [2.24, 2.45) is 0 Å². The molecule has 3 rings (SSSR count). The summed E-state index contributed by atoms with van der Waals surface area (Å²) in [6.45, 7) is 2.38. The Morgan fingerprint density at radius 3 is 2.76 bits per heavy atom. The zero-order valence-corrected chi connectivity index (χ0v) is 16.9. The van der Waals surface area contributed by atoms with Crippen molar-refractivity contribution in [1.29, 1.82) is 5.26 Å². The molecule has 1 N–H and O–H groups in total. The first-order valence-electron chi connectivity index (χ1n) is 8.72. The van der Waals surface area contributed by atoms with Gasteiger partial charge in [0.05, 0.1) is 16.7 Å². The van der Waals surface area contributed by atoms with Crippen LogP contribution in [-0.4, -0.2) is 12.5 Å². The van der Waals surface area contributed by atoms with E-state index in [2.05, 4.69) is 5.32 Å². The summed E-state index contributed by atoms with van der Waals surface area (Å²) in [6, 6.07) is 17.4. The summed E-state index contributed by atoms with van der Waals surface area (Å²) >= 11 is 12.2. The molecule has 0 atom stereocenters. The number of rotatable bonds is 6. The predicted molar refractivity (Wildman–Crippen MR) is 114 cm³/mol. The van der Waals surface area contributed by atoms with E-state index in [1.165, 1.54) is 6.08 Å². The van der Waals surface area contributed by atoms with Gasteiger partial charge in [-0.15, -0.1) is 0 Å². The van der Waals surface area contributed by atoms with Gasteiger partial charge >= 0.3 is 0 Å². The summed E-state index contributed by atoms with van der Waals surface area (Å²) in [7, 11) is 0. The van der Waals surface area contributed by atoms with Gasteiger partial charge in [0.2, 0.25) is 0 Å². The summed E-state index contributed by atoms with van der Waals surface area (Å²) in [6.07, 6.45) is 1.36. The average Bonchev–Trinajstić information content (AvgIpc) is 3.17. The van der Waals surface area contributed by atoms with E-state index in [9.17, 15) is 10.1 Å². The highest BCUT2D eigenvalue weighted by Gasteiger charge is 2.14. The number of anilines is 1. The van der Waals surface area contributed by atoms with E-state index in [4.69, 9.17) is 32.4 Å². The summed E-state index contributed by atoms with van der Waals surface area (Å²) in [4.78, 5) is 12.5. The van der Waals surface area contributed by atoms with Gasteiger partial charge in [-0.3, -0.25) is 4.79 Å². The van der Waals surface area contributed by atoms with Crippen molar-refractivity contribution in [3.05, 3.63) is 76.0 Å². The van der Waals surface area contributed by atoms with E-state index in [1.54, 1.807) is 54.6 Å². The fraction of sp³-hybridized carbons (Fsp3) is 0.0909. The monoisotopic (exact) mass is 426 g/mol. The number of halogens is 2. The molecule has 0 unspecified atom stereocenters. The second kappa shape index (κ2) is 9.33. The van der Waals surface area contributed by atoms with Crippen LogP contribution in [0.15, 0.2) is 64.6 Å². The number of ether oxygens (including phenoxy) is 1. The first-order chi connectivity index (χ1) is 14.0. The van der Waals surface area contributed by atoms with Crippen molar-refractivity contribution in [3.63, 3.8) is 0 Å². The van der Waals surface area contributed by atoms with E-state index in [-0.39, 0.29) is 5.57 Å². The van der Waals surface area contributed by atoms with Gasteiger partial charge in [0.25, 0.3) is 5.91 Å². The maximum atomic E-state index is 12.5. The number of carbonyl (C=O) groups excluding carboxylic acids is 1. The maximum Gasteiger partial charge on any atom is 0.266 e. The van der Waals surface area contributed by atoms with Crippen LogP contribution in [0.3, 0.4) is 0 Å². The molecule has 7 heteroatoms. The first-order valence-corrected chi connectivity index (χ1v) is 9.47. The maximum absolute atomic E-state index is 12.5. The zero-order valence-electron chi connectivity index (χ0n) is 15.4. The summed E-state index contributed by atoms with van der Waals surface area (Å²) in [5.74, 6) is 0.887. The van der Waals surface area contributed by atoms with Gasteiger partial charge in [0, 0.05) is 23.4 Å². The van der Waals surface area contributed by atoms with Crippen molar-refractivity contribution >= 4 is 40.9 Å². The SMILES string of the molecule is CCOc1cccc(NC(=O)/C(C#N)=C/c2ccc(-c3cccc(Cl)c3Cl)o2)c1. The van der Waals surface area contributed by atoms with Crippen LogP contribution in [0, 0.1) is 11.3 Å². The molecule has 1 amide bonds. The molecule has 2 aromatic carbocycles. The third-order valence-electron chi connectivity index (χ3n) is 3.90. The number of furan rings is 1. The predicted octanol–water partition coefficient (Wildman–Crippen LogP) is 6.20. The summed E-state index contributed by atoms with van der Waals surface area (Å²) < 4.78 is 11.1. The number of hydrogen-bond donors (Lipinski definition) is 1. The molecule has 1 aromatic heterocycles. The Morgan fingerprint density at radius 1 is 1.21 bits per heavy atom. The van der Waals surface area contributed by atoms with Gasteiger partial charge in [-0.05, 0) is 43.3 Å². The van der Waals surface area contributed by atoms with E-state index >= 15 is 0 Å². The van der Waals surface area contributed by atoms with Gasteiger partial charge in [0.1, 0.15) is 28.9 Å². The van der Waals surface area contributed by atoms with E-state index in [1.807, 2.05) is 13.0 Å². The van der Waals surface area contributed by atoms with Crippen LogP contribution in [0.2, 0.25) is 10.0 Å². The minimum atomic E-state index is -0.556. The van der Waals surface area contributed by atoms with Crippen LogP contribution in [-0.2, 0) is 4.79 Å². The molecule has 0 spiro atoms. The van der Waals surface area contributed by atoms with Gasteiger partial charge in [-0.1, -0.05) is 35.3 Å². The minimum Gasteiger partial charge on any atom is -0.494 e. The van der Waals surface area contributed by atoms with Crippen LogP contribution >= 0.6 is 23.2 Å². The average molecular weight is 427 g/mol. The molecular formula is C22H16Cl2N2O3. The highest BCUT2D eigenvalue weighted by molar-refractivity contribution is 6.43. The van der Waals surface area contributed by atoms with Crippen molar-refractivity contribution in [1.82, 2.24) is 0 Å². The Hall–Kier alpha value is -3.20. The molecule has 0 fully saturated rings. The lowest BCUT2D eigenvalue weighted by Gasteiger charge is -2.07. The fourth-order valence-corrected chi connectivity index (χ4v) is 2.98. The van der Waals surface area contributed by atoms with Crippen LogP contribution < -0.4 is 10.1 Å². The van der Waals surface area contributed by atoms with Gasteiger partial charge in [-0.2, -0.15) is 5.26 Å². The zero-order chi connectivity index (χ0) is 20.8. The van der Waals surface area contributed by atoms with Gasteiger partial charge in [-0.25, -0.2) is 0 Å². The second-order valence-electron chi connectivity index (χ2n) is 5.89. The highest BCUT2D eigenvalue weighted by Crippen LogP contribution is 2.34. The van der Waals surface area contributed by atoms with Gasteiger partial charge in [0.15, 0.2) is 0 Å². The smallest absolute Gasteiger partial charge is 0.266 e. The molecule has 0 aliphatic rings. The van der Waals surface area contributed by atoms with Crippen molar-refractivity contribution < 1.29 is 13.9 Å². The van der Waals surface area contributed by atoms with Crippen molar-refractivity contribution in [3.8, 4) is 23.1 Å². The molecule has 0 saturated carbocycles. The van der Waals surface area contributed by atoms with Crippen LogP contribution in [0.1, 0.15) is 12.7 Å². The molecule has 0 bridgehead atoms. The fourth-order valence-electron chi connectivity index (χ4n) is 2.59. The first kappa shape index (κ1) is 20.5. The molecule has 1 heterocycles. The molecule has 5 nitrogen and oxygen atoms in total. The molecule has 0 aliphatic heterocycles. The lowest BCUT2D eigenvalue weighted by Crippen LogP contribution is -2.13. The van der Waals surface area contributed by atoms with Crippen LogP contribution in [0.25, 0.3) is 17.4 Å². The minimum absolute atomic E-state index is 0.107. The molecule has 29 heavy (non-hydrogen) atoms. The standard InChI is InChI=1S/C22H16Cl2N2O3/c1-2-28-16-6-3-5-15(12-16)26-22(27)14(13-25)11-17-9-10-20(29-17)18-7-4-8-19(23)21(18)24/h3-12H,2H2,1H3,(H,26,27)/b14-11+. The molecule has 0 aliphatic carbocycles. The number of nitrogens with zero attached hydrogens (tertiary/aromatic N) is 1. The second-order valence-corrected chi connectivity index (χ2v) is 6.67. The molecule has 3 aromatic rings. The Kier molecular flexibility index (Phi) is 6.61. The normalized spacial score (nSPS) is 11.0. The van der Waals surface area contributed by atoms with Crippen molar-refractivity contribution in [2.75, 3.05) is 11.9 Å². The highest BCUT2D eigenvalue weighted by atomic mass is 35.5. The Bertz CT molecular complexity index is 1110. The Morgan fingerprint density at radius 2 is 2.00 bits per heavy atom. The number of carbonyl (C=O) groups is 1. The summed E-state index contributed by atoms with van der Waals surface area (Å²) in [5, 5.41) is 12.8. The van der Waals surface area contributed by atoms with E-state index in [0.717, 1.165) is 0 Å². The van der Waals surface area contributed by atoms with Gasteiger partial charge < -0.3 is 14.5 Å².